The SMILES string of the molecule is CCCNC(=O)[C@H](Cc1ccccc1)N(Cc1cccc(OC)c1)C(=O)CN(c1ccc(OC)c(Cl)c1)S(=O)(=O)c1ccc(C)cc1. The number of nitrogens with one attached hydrogen (secondary N) is 1. The van der Waals surface area contributed by atoms with Crippen molar-refractivity contribution in [2.45, 2.75) is 44.2 Å². The normalized spacial score (nSPS) is 11.8. The molecule has 0 aromatic heterocycles. The van der Waals surface area contributed by atoms with E-state index in [1.54, 1.807) is 43.5 Å². The lowest BCUT2D eigenvalue weighted by atomic mass is 10.0. The van der Waals surface area contributed by atoms with Crippen LogP contribution in [0.25, 0.3) is 0 Å². The highest BCUT2D eigenvalue weighted by molar-refractivity contribution is 7.92. The van der Waals surface area contributed by atoms with E-state index in [0.29, 0.717) is 30.0 Å². The molecule has 0 bridgehead atoms. The summed E-state index contributed by atoms with van der Waals surface area (Å²) >= 11 is 6.45. The van der Waals surface area contributed by atoms with E-state index in [-0.39, 0.29) is 34.5 Å². The van der Waals surface area contributed by atoms with Crippen molar-refractivity contribution in [1.29, 1.82) is 0 Å². The number of rotatable bonds is 15. The Kier molecular flexibility index (Phi) is 12.3. The van der Waals surface area contributed by atoms with Gasteiger partial charge in [-0.25, -0.2) is 8.42 Å². The Balaban J connectivity index is 1.83. The minimum Gasteiger partial charge on any atom is -0.497 e. The van der Waals surface area contributed by atoms with Gasteiger partial charge >= 0.3 is 0 Å². The fourth-order valence-corrected chi connectivity index (χ4v) is 6.72. The number of amides is 2. The fraction of sp³-hybridized carbons (Fsp3) is 0.278. The molecule has 47 heavy (non-hydrogen) atoms. The van der Waals surface area contributed by atoms with Gasteiger partial charge in [-0.15, -0.1) is 0 Å². The van der Waals surface area contributed by atoms with Gasteiger partial charge in [0.15, 0.2) is 0 Å². The van der Waals surface area contributed by atoms with Gasteiger partial charge in [-0.3, -0.25) is 13.9 Å². The first-order valence-electron chi connectivity index (χ1n) is 15.2. The molecule has 1 atom stereocenters. The van der Waals surface area contributed by atoms with Crippen molar-refractivity contribution >= 4 is 39.1 Å². The number of hydrogen-bond acceptors (Lipinski definition) is 6. The summed E-state index contributed by atoms with van der Waals surface area (Å²) in [5, 5.41) is 3.12. The summed E-state index contributed by atoms with van der Waals surface area (Å²) < 4.78 is 40.2. The first-order valence-corrected chi connectivity index (χ1v) is 17.1. The summed E-state index contributed by atoms with van der Waals surface area (Å²) in [6.07, 6.45) is 0.916. The molecule has 0 spiro atoms. The predicted octanol–water partition coefficient (Wildman–Crippen LogP) is 6.03. The van der Waals surface area contributed by atoms with Gasteiger partial charge < -0.3 is 19.7 Å². The van der Waals surface area contributed by atoms with Crippen molar-refractivity contribution < 1.29 is 27.5 Å². The molecule has 9 nitrogen and oxygen atoms in total. The molecule has 4 aromatic carbocycles. The number of methoxy groups -OCH3 is 2. The average Bonchev–Trinajstić information content (AvgIpc) is 3.08. The highest BCUT2D eigenvalue weighted by Crippen LogP contribution is 2.32. The molecule has 248 valence electrons. The van der Waals surface area contributed by atoms with Crippen molar-refractivity contribution in [2.24, 2.45) is 0 Å². The molecule has 0 radical (unpaired) electrons. The molecule has 0 saturated carbocycles. The lowest BCUT2D eigenvalue weighted by Crippen LogP contribution is -2.53. The quantitative estimate of drug-likeness (QED) is 0.165. The van der Waals surface area contributed by atoms with Crippen LogP contribution in [0.4, 0.5) is 5.69 Å². The molecule has 4 aromatic rings. The number of aryl methyl sites for hydroxylation is 1. The lowest BCUT2D eigenvalue weighted by molar-refractivity contribution is -0.140. The molecule has 0 fully saturated rings. The zero-order valence-electron chi connectivity index (χ0n) is 27.0. The zero-order valence-corrected chi connectivity index (χ0v) is 28.6. The number of nitrogens with zero attached hydrogens (tertiary/aromatic N) is 2. The second kappa shape index (κ2) is 16.3. The van der Waals surface area contributed by atoms with Crippen molar-refractivity contribution in [3.05, 3.63) is 119 Å². The number of hydrogen-bond donors (Lipinski definition) is 1. The minimum absolute atomic E-state index is 0.00344. The Morgan fingerprint density at radius 3 is 2.21 bits per heavy atom. The van der Waals surface area contributed by atoms with Crippen molar-refractivity contribution in [3.8, 4) is 11.5 Å². The zero-order chi connectivity index (χ0) is 34.0. The number of benzene rings is 4. The van der Waals surface area contributed by atoms with Crippen LogP contribution in [-0.2, 0) is 32.6 Å². The van der Waals surface area contributed by atoms with Crippen molar-refractivity contribution in [1.82, 2.24) is 10.2 Å². The van der Waals surface area contributed by atoms with Crippen LogP contribution >= 0.6 is 11.6 Å². The summed E-state index contributed by atoms with van der Waals surface area (Å²) in [6.45, 7) is 3.64. The van der Waals surface area contributed by atoms with E-state index in [0.717, 1.165) is 15.4 Å². The molecule has 0 unspecified atom stereocenters. The molecule has 0 aliphatic heterocycles. The largest absolute Gasteiger partial charge is 0.497 e. The van der Waals surface area contributed by atoms with Gasteiger partial charge in [0.05, 0.1) is 29.8 Å². The summed E-state index contributed by atoms with van der Waals surface area (Å²) in [5.41, 5.74) is 2.60. The number of sulfonamides is 1. The van der Waals surface area contributed by atoms with Gasteiger partial charge in [-0.05, 0) is 66.9 Å². The number of carbonyl (C=O) groups excluding carboxylic acids is 2. The third-order valence-electron chi connectivity index (χ3n) is 7.62. The first kappa shape index (κ1) is 35.3. The van der Waals surface area contributed by atoms with E-state index in [1.807, 2.05) is 50.2 Å². The Hall–Kier alpha value is -4.54. The molecule has 0 aliphatic carbocycles. The molecular formula is C36H40ClN3O6S. The van der Waals surface area contributed by atoms with E-state index < -0.39 is 28.5 Å². The third kappa shape index (κ3) is 9.05. The van der Waals surface area contributed by atoms with Crippen molar-refractivity contribution in [2.75, 3.05) is 31.6 Å². The number of carbonyl (C=O) groups is 2. The minimum atomic E-state index is -4.27. The van der Waals surface area contributed by atoms with Crippen LogP contribution in [0.1, 0.15) is 30.0 Å². The van der Waals surface area contributed by atoms with Gasteiger partial charge in [-0.2, -0.15) is 0 Å². The average molecular weight is 678 g/mol. The molecule has 0 saturated heterocycles. The van der Waals surface area contributed by atoms with E-state index in [1.165, 1.54) is 36.3 Å². The molecule has 2 amide bonds. The van der Waals surface area contributed by atoms with Gasteiger partial charge in [0.25, 0.3) is 10.0 Å². The van der Waals surface area contributed by atoms with Gasteiger partial charge in [0.1, 0.15) is 24.1 Å². The van der Waals surface area contributed by atoms with E-state index in [9.17, 15) is 18.0 Å². The Labute approximate surface area is 282 Å². The maximum absolute atomic E-state index is 14.6. The molecule has 4 rings (SSSR count). The second-order valence-corrected chi connectivity index (χ2v) is 13.3. The maximum atomic E-state index is 14.6. The number of halogens is 1. The summed E-state index contributed by atoms with van der Waals surface area (Å²) in [6, 6.07) is 26.5. The second-order valence-electron chi connectivity index (χ2n) is 11.0. The topological polar surface area (TPSA) is 105 Å². The van der Waals surface area contributed by atoms with Crippen LogP contribution in [0.15, 0.2) is 102 Å². The van der Waals surface area contributed by atoms with E-state index in [2.05, 4.69) is 5.32 Å². The van der Waals surface area contributed by atoms with Crippen LogP contribution < -0.4 is 19.1 Å². The third-order valence-corrected chi connectivity index (χ3v) is 9.70. The Morgan fingerprint density at radius 2 is 1.57 bits per heavy atom. The van der Waals surface area contributed by atoms with Gasteiger partial charge in [0, 0.05) is 19.5 Å². The fourth-order valence-electron chi connectivity index (χ4n) is 5.06. The molecular weight excluding hydrogens is 638 g/mol. The number of ether oxygens (including phenoxy) is 2. The maximum Gasteiger partial charge on any atom is 0.264 e. The van der Waals surface area contributed by atoms with Crippen molar-refractivity contribution in [3.63, 3.8) is 0 Å². The van der Waals surface area contributed by atoms with Crippen LogP contribution in [0.5, 0.6) is 11.5 Å². The van der Waals surface area contributed by atoms with Crippen LogP contribution in [0.2, 0.25) is 5.02 Å². The van der Waals surface area contributed by atoms with E-state index >= 15 is 0 Å². The summed E-state index contributed by atoms with van der Waals surface area (Å²) in [4.78, 5) is 29.8. The smallest absolute Gasteiger partial charge is 0.264 e. The summed E-state index contributed by atoms with van der Waals surface area (Å²) in [7, 11) is -1.27. The van der Waals surface area contributed by atoms with Gasteiger partial charge in [-0.1, -0.05) is 78.7 Å². The lowest BCUT2D eigenvalue weighted by Gasteiger charge is -2.34. The van der Waals surface area contributed by atoms with E-state index in [4.69, 9.17) is 21.1 Å². The standard InChI is InChI=1S/C36H40ClN3O6S/c1-5-20-38-36(42)33(22-27-10-7-6-8-11-27)39(24-28-12-9-13-30(21-28)45-3)35(41)25-40(29-16-19-34(46-4)32(37)23-29)47(43,44)31-17-14-26(2)15-18-31/h6-19,21,23,33H,5,20,22,24-25H2,1-4H3,(H,38,42)/t33-/m0/s1. The van der Waals surface area contributed by atoms with Crippen LogP contribution in [0.3, 0.4) is 0 Å². The van der Waals surface area contributed by atoms with Gasteiger partial charge in [0.2, 0.25) is 11.8 Å². The van der Waals surface area contributed by atoms with Crippen LogP contribution in [0, 0.1) is 6.92 Å². The Morgan fingerprint density at radius 1 is 0.872 bits per heavy atom. The summed E-state index contributed by atoms with van der Waals surface area (Å²) in [5.74, 6) is 0.0152. The number of anilines is 1. The molecule has 0 aliphatic rings. The van der Waals surface area contributed by atoms with Crippen LogP contribution in [-0.4, -0.2) is 58.5 Å². The highest BCUT2D eigenvalue weighted by atomic mass is 35.5. The predicted molar refractivity (Wildman–Crippen MR) is 184 cm³/mol. The first-order chi connectivity index (χ1) is 22.6. The molecule has 11 heteroatoms. The molecule has 0 heterocycles. The highest BCUT2D eigenvalue weighted by Gasteiger charge is 2.35. The Bertz CT molecular complexity index is 1770. The monoisotopic (exact) mass is 677 g/mol. The molecule has 1 N–H and O–H groups in total.